The van der Waals surface area contributed by atoms with Crippen LogP contribution >= 0.6 is 0 Å². The Morgan fingerprint density at radius 2 is 1.95 bits per heavy atom. The molecule has 106 valence electrons. The first-order valence-electron chi connectivity index (χ1n) is 6.75. The fraction of sp³-hybridized carbons (Fsp3) is 0.125. The minimum absolute atomic E-state index is 0.0687. The van der Waals surface area contributed by atoms with Gasteiger partial charge in [0.25, 0.3) is 5.56 Å². The molecule has 0 saturated carbocycles. The monoisotopic (exact) mass is 280 g/mol. The van der Waals surface area contributed by atoms with E-state index in [1.54, 1.807) is 18.5 Å². The molecule has 0 bridgehead atoms. The quantitative estimate of drug-likeness (QED) is 0.796. The SMILES string of the molecule is Cc1ccn(NCc2ccnn2-c2ccccc2)c(=O)c1. The maximum Gasteiger partial charge on any atom is 0.269 e. The molecule has 0 amide bonds. The van der Waals surface area contributed by atoms with E-state index in [0.717, 1.165) is 16.9 Å². The molecule has 0 atom stereocenters. The van der Waals surface area contributed by atoms with Crippen LogP contribution in [0, 0.1) is 6.92 Å². The largest absolute Gasteiger partial charge is 0.317 e. The summed E-state index contributed by atoms with van der Waals surface area (Å²) < 4.78 is 3.33. The Labute approximate surface area is 122 Å². The van der Waals surface area contributed by atoms with Crippen LogP contribution in [-0.2, 0) is 6.54 Å². The average Bonchev–Trinajstić information content (AvgIpc) is 2.96. The van der Waals surface area contributed by atoms with Crippen molar-refractivity contribution in [2.75, 3.05) is 5.43 Å². The summed E-state index contributed by atoms with van der Waals surface area (Å²) in [6.45, 7) is 2.41. The molecule has 0 saturated heterocycles. The molecule has 3 aromatic rings. The maximum absolute atomic E-state index is 11.8. The molecule has 3 rings (SSSR count). The number of benzene rings is 1. The zero-order chi connectivity index (χ0) is 14.7. The minimum atomic E-state index is -0.0687. The lowest BCUT2D eigenvalue weighted by molar-refractivity contribution is 0.747. The molecule has 0 radical (unpaired) electrons. The smallest absolute Gasteiger partial charge is 0.269 e. The Hall–Kier alpha value is -2.82. The Bertz CT molecular complexity index is 789. The lowest BCUT2D eigenvalue weighted by atomic mass is 10.3. The van der Waals surface area contributed by atoms with Crippen LogP contribution in [0.4, 0.5) is 0 Å². The van der Waals surface area contributed by atoms with Gasteiger partial charge in [0, 0.05) is 18.5 Å². The average molecular weight is 280 g/mol. The highest BCUT2D eigenvalue weighted by atomic mass is 16.1. The van der Waals surface area contributed by atoms with E-state index in [2.05, 4.69) is 10.5 Å². The molecule has 21 heavy (non-hydrogen) atoms. The molecule has 0 aliphatic rings. The predicted molar refractivity (Wildman–Crippen MR) is 82.1 cm³/mol. The van der Waals surface area contributed by atoms with Gasteiger partial charge in [0.2, 0.25) is 0 Å². The number of hydrogen-bond acceptors (Lipinski definition) is 3. The van der Waals surface area contributed by atoms with Gasteiger partial charge in [0.05, 0.1) is 17.9 Å². The van der Waals surface area contributed by atoms with Crippen molar-refractivity contribution >= 4 is 0 Å². The number of aryl methyl sites for hydroxylation is 1. The van der Waals surface area contributed by atoms with E-state index in [4.69, 9.17) is 0 Å². The van der Waals surface area contributed by atoms with Gasteiger partial charge in [0.15, 0.2) is 0 Å². The highest BCUT2D eigenvalue weighted by molar-refractivity contribution is 5.32. The third kappa shape index (κ3) is 2.86. The zero-order valence-corrected chi connectivity index (χ0v) is 11.7. The lowest BCUT2D eigenvalue weighted by Crippen LogP contribution is -2.28. The third-order valence-corrected chi connectivity index (χ3v) is 3.23. The Morgan fingerprint density at radius 1 is 1.14 bits per heavy atom. The van der Waals surface area contributed by atoms with Crippen LogP contribution in [0.2, 0.25) is 0 Å². The second kappa shape index (κ2) is 5.66. The molecule has 0 aliphatic heterocycles. The van der Waals surface area contributed by atoms with Crippen molar-refractivity contribution in [1.29, 1.82) is 0 Å². The summed E-state index contributed by atoms with van der Waals surface area (Å²) in [5.74, 6) is 0. The first-order chi connectivity index (χ1) is 10.2. The molecule has 5 nitrogen and oxygen atoms in total. The second-order valence-electron chi connectivity index (χ2n) is 4.82. The van der Waals surface area contributed by atoms with Crippen LogP contribution in [-0.4, -0.2) is 14.5 Å². The fourth-order valence-corrected chi connectivity index (χ4v) is 2.14. The van der Waals surface area contributed by atoms with Crippen molar-refractivity contribution in [1.82, 2.24) is 14.5 Å². The summed E-state index contributed by atoms with van der Waals surface area (Å²) in [6.07, 6.45) is 3.49. The van der Waals surface area contributed by atoms with Crippen molar-refractivity contribution in [3.8, 4) is 5.69 Å². The van der Waals surface area contributed by atoms with Crippen LogP contribution in [0.15, 0.2) is 65.7 Å². The van der Waals surface area contributed by atoms with Crippen molar-refractivity contribution in [3.63, 3.8) is 0 Å². The summed E-state index contributed by atoms with van der Waals surface area (Å²) in [5.41, 5.74) is 5.95. The number of nitrogens with zero attached hydrogens (tertiary/aromatic N) is 3. The maximum atomic E-state index is 11.8. The number of rotatable bonds is 4. The molecule has 0 unspecified atom stereocenters. The molecule has 0 spiro atoms. The van der Waals surface area contributed by atoms with Crippen LogP contribution in [0.25, 0.3) is 5.69 Å². The van der Waals surface area contributed by atoms with E-state index >= 15 is 0 Å². The minimum Gasteiger partial charge on any atom is -0.317 e. The van der Waals surface area contributed by atoms with Gasteiger partial charge < -0.3 is 5.43 Å². The molecule has 1 aromatic carbocycles. The highest BCUT2D eigenvalue weighted by Crippen LogP contribution is 2.09. The topological polar surface area (TPSA) is 51.9 Å². The lowest BCUT2D eigenvalue weighted by Gasteiger charge is -2.11. The van der Waals surface area contributed by atoms with E-state index < -0.39 is 0 Å². The predicted octanol–water partition coefficient (Wildman–Crippen LogP) is 2.09. The van der Waals surface area contributed by atoms with Gasteiger partial charge >= 0.3 is 0 Å². The Morgan fingerprint density at radius 3 is 2.71 bits per heavy atom. The van der Waals surface area contributed by atoms with Gasteiger partial charge in [-0.05, 0) is 36.8 Å². The molecule has 0 fully saturated rings. The Balaban J connectivity index is 1.81. The number of aromatic nitrogens is 3. The fourth-order valence-electron chi connectivity index (χ4n) is 2.14. The van der Waals surface area contributed by atoms with Crippen LogP contribution < -0.4 is 11.0 Å². The number of nitrogens with one attached hydrogen (secondary N) is 1. The first-order valence-corrected chi connectivity index (χ1v) is 6.75. The number of pyridine rings is 1. The van der Waals surface area contributed by atoms with Crippen molar-refractivity contribution < 1.29 is 0 Å². The van der Waals surface area contributed by atoms with Gasteiger partial charge in [-0.1, -0.05) is 18.2 Å². The summed E-state index contributed by atoms with van der Waals surface area (Å²) in [7, 11) is 0. The molecule has 2 heterocycles. The molecule has 0 aliphatic carbocycles. The van der Waals surface area contributed by atoms with Crippen LogP contribution in [0.5, 0.6) is 0 Å². The van der Waals surface area contributed by atoms with Crippen LogP contribution in [0.1, 0.15) is 11.3 Å². The van der Waals surface area contributed by atoms with Gasteiger partial charge in [-0.15, -0.1) is 0 Å². The highest BCUT2D eigenvalue weighted by Gasteiger charge is 2.04. The Kier molecular flexibility index (Phi) is 3.55. The molecule has 1 N–H and O–H groups in total. The van der Waals surface area contributed by atoms with Crippen molar-refractivity contribution in [3.05, 3.63) is 82.5 Å². The number of hydrogen-bond donors (Lipinski definition) is 1. The van der Waals surface area contributed by atoms with Crippen molar-refractivity contribution in [2.45, 2.75) is 13.5 Å². The number of para-hydroxylation sites is 1. The van der Waals surface area contributed by atoms with Gasteiger partial charge in [-0.3, -0.25) is 4.79 Å². The van der Waals surface area contributed by atoms with Crippen molar-refractivity contribution in [2.24, 2.45) is 0 Å². The van der Waals surface area contributed by atoms with E-state index in [-0.39, 0.29) is 5.56 Å². The van der Waals surface area contributed by atoms with Crippen LogP contribution in [0.3, 0.4) is 0 Å². The summed E-state index contributed by atoms with van der Waals surface area (Å²) >= 11 is 0. The molecule has 2 aromatic heterocycles. The summed E-state index contributed by atoms with van der Waals surface area (Å²) in [5, 5.41) is 4.32. The van der Waals surface area contributed by atoms with Gasteiger partial charge in [-0.2, -0.15) is 5.10 Å². The third-order valence-electron chi connectivity index (χ3n) is 3.23. The first kappa shape index (κ1) is 13.2. The van der Waals surface area contributed by atoms with E-state index in [1.165, 1.54) is 4.68 Å². The zero-order valence-electron chi connectivity index (χ0n) is 11.7. The normalized spacial score (nSPS) is 10.5. The molecule has 5 heteroatoms. The van der Waals surface area contributed by atoms with Gasteiger partial charge in [0.1, 0.15) is 0 Å². The molecular formula is C16H16N4O. The summed E-state index contributed by atoms with van der Waals surface area (Å²) in [4.78, 5) is 11.8. The second-order valence-corrected chi connectivity index (χ2v) is 4.82. The standard InChI is InChI=1S/C16H16N4O/c1-13-8-10-19(16(21)11-13)18-12-15-7-9-17-20(15)14-5-3-2-4-6-14/h2-11,18H,12H2,1H3. The van der Waals surface area contributed by atoms with Gasteiger partial charge in [-0.25, -0.2) is 9.36 Å². The van der Waals surface area contributed by atoms with E-state index in [1.807, 2.05) is 54.1 Å². The van der Waals surface area contributed by atoms with E-state index in [0.29, 0.717) is 6.54 Å². The summed E-state index contributed by atoms with van der Waals surface area (Å²) in [6, 6.07) is 15.3. The van der Waals surface area contributed by atoms with E-state index in [9.17, 15) is 4.79 Å². The molecular weight excluding hydrogens is 264 g/mol.